The predicted octanol–water partition coefficient (Wildman–Crippen LogP) is 2.61. The van der Waals surface area contributed by atoms with Crippen molar-refractivity contribution in [2.24, 2.45) is 0 Å². The highest BCUT2D eigenvalue weighted by Gasteiger charge is 2.28. The Balaban J connectivity index is 4.64. The topological polar surface area (TPSA) is 46.5 Å². The minimum atomic E-state index is -1.95. The average molecular weight is 232 g/mol. The van der Waals surface area contributed by atoms with Crippen LogP contribution in [-0.4, -0.2) is 27.7 Å². The van der Waals surface area contributed by atoms with E-state index in [0.29, 0.717) is 5.57 Å². The fourth-order valence-corrected chi connectivity index (χ4v) is 9.12. The molecular weight excluding hydrogens is 212 g/mol. The van der Waals surface area contributed by atoms with E-state index in [1.165, 1.54) is 0 Å². The quantitative estimate of drug-likeness (QED) is 0.599. The molecule has 0 heterocycles. The Kier molecular flexibility index (Phi) is 4.29. The molecule has 0 aromatic heterocycles. The molecule has 0 fully saturated rings. The third-order valence-corrected chi connectivity index (χ3v) is 7.15. The molecule has 1 N–H and O–H groups in total. The van der Waals surface area contributed by atoms with E-state index in [-0.39, 0.29) is 0 Å². The van der Waals surface area contributed by atoms with Gasteiger partial charge in [0.05, 0.1) is 0 Å². The first-order valence-corrected chi connectivity index (χ1v) is 11.1. The fraction of sp³-hybridized carbons (Fsp3) is 0.667. The first kappa shape index (κ1) is 13.6. The van der Waals surface area contributed by atoms with Gasteiger partial charge in [0.15, 0.2) is 16.6 Å². The zero-order valence-corrected chi connectivity index (χ0v) is 11.8. The summed E-state index contributed by atoms with van der Waals surface area (Å²) in [6.07, 6.45) is 0. The number of carboxylic acids is 1. The molecule has 0 bridgehead atoms. The fourth-order valence-electron chi connectivity index (χ4n) is 1.40. The molecule has 82 valence electrons. The molecule has 14 heavy (non-hydrogen) atoms. The molecule has 0 saturated carbocycles. The number of hydrogen-bond acceptors (Lipinski definition) is 2. The summed E-state index contributed by atoms with van der Waals surface area (Å²) >= 11 is 0. The van der Waals surface area contributed by atoms with Crippen LogP contribution in [0, 0.1) is 0 Å². The first-order chi connectivity index (χ1) is 6.03. The summed E-state index contributed by atoms with van der Waals surface area (Å²) in [5, 5.41) is 8.75. The lowest BCUT2D eigenvalue weighted by Crippen LogP contribution is -2.41. The van der Waals surface area contributed by atoms with Crippen molar-refractivity contribution in [1.29, 1.82) is 0 Å². The minimum absolute atomic E-state index is 0.389. The lowest BCUT2D eigenvalue weighted by Gasteiger charge is -2.29. The molecule has 0 unspecified atom stereocenters. The normalized spacial score (nSPS) is 14.3. The average Bonchev–Trinajstić information content (AvgIpc) is 1.78. The highest BCUT2D eigenvalue weighted by molar-refractivity contribution is 6.87. The number of aliphatic carboxylic acids is 1. The van der Waals surface area contributed by atoms with Crippen molar-refractivity contribution < 1.29 is 14.0 Å². The van der Waals surface area contributed by atoms with Gasteiger partial charge in [0.1, 0.15) is 0 Å². The van der Waals surface area contributed by atoms with E-state index in [2.05, 4.69) is 19.6 Å². The molecule has 0 rings (SSSR count). The third kappa shape index (κ3) is 6.12. The molecular formula is C9H20O3Si2. The molecule has 0 atom stereocenters. The van der Waals surface area contributed by atoms with E-state index in [9.17, 15) is 4.79 Å². The third-order valence-electron chi connectivity index (χ3n) is 1.47. The first-order valence-electron chi connectivity index (χ1n) is 4.66. The van der Waals surface area contributed by atoms with E-state index >= 15 is 0 Å². The van der Waals surface area contributed by atoms with Gasteiger partial charge in [-0.25, -0.2) is 4.79 Å². The lowest BCUT2D eigenvalue weighted by atomic mass is 10.4. The van der Waals surface area contributed by atoms with Crippen molar-refractivity contribution in [3.05, 3.63) is 11.3 Å². The van der Waals surface area contributed by atoms with Crippen LogP contribution < -0.4 is 0 Å². The Morgan fingerprint density at radius 2 is 1.64 bits per heavy atom. The molecule has 0 amide bonds. The van der Waals surface area contributed by atoms with Crippen LogP contribution in [0.1, 0.15) is 6.92 Å². The number of rotatable bonds is 4. The smallest absolute Gasteiger partial charge is 0.330 e. The molecule has 5 heteroatoms. The van der Waals surface area contributed by atoms with Crippen molar-refractivity contribution in [3.8, 4) is 0 Å². The van der Waals surface area contributed by atoms with Gasteiger partial charge in [0, 0.05) is 5.57 Å². The molecule has 0 aliphatic carbocycles. The van der Waals surface area contributed by atoms with Crippen molar-refractivity contribution >= 4 is 22.6 Å². The van der Waals surface area contributed by atoms with Crippen molar-refractivity contribution in [2.75, 3.05) is 0 Å². The molecule has 0 radical (unpaired) electrons. The predicted molar refractivity (Wildman–Crippen MR) is 63.3 cm³/mol. The summed E-state index contributed by atoms with van der Waals surface area (Å²) in [4.78, 5) is 10.7. The Morgan fingerprint density at radius 3 is 1.93 bits per heavy atom. The molecule has 0 aromatic rings. The maximum atomic E-state index is 10.7. The highest BCUT2D eigenvalue weighted by Crippen LogP contribution is 2.16. The van der Waals surface area contributed by atoms with Gasteiger partial charge in [-0.1, -0.05) is 5.70 Å². The van der Waals surface area contributed by atoms with Gasteiger partial charge < -0.3 is 9.22 Å². The SMILES string of the molecule is CC(=C[Si](C)(C)O[Si](C)(C)C)C(=O)O. The van der Waals surface area contributed by atoms with Crippen LogP contribution in [0.4, 0.5) is 0 Å². The number of carbonyl (C=O) groups is 1. The molecule has 0 aromatic carbocycles. The second kappa shape index (κ2) is 4.42. The molecule has 3 nitrogen and oxygen atoms in total. The zero-order valence-electron chi connectivity index (χ0n) is 9.84. The lowest BCUT2D eigenvalue weighted by molar-refractivity contribution is -0.132. The maximum Gasteiger partial charge on any atom is 0.330 e. The van der Waals surface area contributed by atoms with Crippen LogP contribution in [-0.2, 0) is 8.91 Å². The van der Waals surface area contributed by atoms with Crippen LogP contribution in [0.15, 0.2) is 11.3 Å². The Morgan fingerprint density at radius 1 is 1.21 bits per heavy atom. The van der Waals surface area contributed by atoms with Gasteiger partial charge in [-0.3, -0.25) is 0 Å². The molecule has 0 aliphatic rings. The van der Waals surface area contributed by atoms with Crippen LogP contribution >= 0.6 is 0 Å². The Bertz CT molecular complexity index is 251. The van der Waals surface area contributed by atoms with E-state index in [1.807, 2.05) is 13.1 Å². The van der Waals surface area contributed by atoms with E-state index in [4.69, 9.17) is 9.22 Å². The summed E-state index contributed by atoms with van der Waals surface area (Å²) in [6, 6.07) is 0. The standard InChI is InChI=1S/C9H20O3Si2/c1-8(9(10)11)7-14(5,6)12-13(2,3)4/h7H,1-6H3,(H,10,11). The van der Waals surface area contributed by atoms with Crippen molar-refractivity contribution in [3.63, 3.8) is 0 Å². The molecule has 0 spiro atoms. The second-order valence-electron chi connectivity index (χ2n) is 4.95. The monoisotopic (exact) mass is 232 g/mol. The summed E-state index contributed by atoms with van der Waals surface area (Å²) in [6.45, 7) is 12.0. The molecule has 0 aliphatic heterocycles. The van der Waals surface area contributed by atoms with E-state index in [0.717, 1.165) is 0 Å². The van der Waals surface area contributed by atoms with Crippen LogP contribution in [0.3, 0.4) is 0 Å². The van der Waals surface area contributed by atoms with Crippen LogP contribution in [0.5, 0.6) is 0 Å². The Hall–Kier alpha value is -0.396. The molecule has 0 saturated heterocycles. The van der Waals surface area contributed by atoms with Gasteiger partial charge in [0.2, 0.25) is 0 Å². The van der Waals surface area contributed by atoms with Crippen LogP contribution in [0.2, 0.25) is 32.7 Å². The van der Waals surface area contributed by atoms with Gasteiger partial charge in [-0.2, -0.15) is 0 Å². The largest absolute Gasteiger partial charge is 0.478 e. The summed E-state index contributed by atoms with van der Waals surface area (Å²) in [5.74, 6) is -0.857. The van der Waals surface area contributed by atoms with Gasteiger partial charge in [-0.05, 0) is 39.7 Å². The van der Waals surface area contributed by atoms with Crippen molar-refractivity contribution in [2.45, 2.75) is 39.7 Å². The van der Waals surface area contributed by atoms with E-state index in [1.54, 1.807) is 12.6 Å². The Labute approximate surface area is 88.0 Å². The highest BCUT2D eigenvalue weighted by atomic mass is 28.4. The number of carboxylic acid groups (broad SMARTS) is 1. The van der Waals surface area contributed by atoms with Gasteiger partial charge >= 0.3 is 5.97 Å². The maximum absolute atomic E-state index is 10.7. The zero-order chi connectivity index (χ0) is 11.6. The summed E-state index contributed by atoms with van der Waals surface area (Å²) in [5.41, 5.74) is 2.19. The van der Waals surface area contributed by atoms with Crippen LogP contribution in [0.25, 0.3) is 0 Å². The second-order valence-corrected chi connectivity index (χ2v) is 13.5. The van der Waals surface area contributed by atoms with Gasteiger partial charge in [0.25, 0.3) is 0 Å². The summed E-state index contributed by atoms with van der Waals surface area (Å²) < 4.78 is 5.98. The van der Waals surface area contributed by atoms with E-state index < -0.39 is 22.6 Å². The summed E-state index contributed by atoms with van der Waals surface area (Å²) in [7, 11) is -3.52. The number of hydrogen-bond donors (Lipinski definition) is 1. The van der Waals surface area contributed by atoms with Gasteiger partial charge in [-0.15, -0.1) is 0 Å². The minimum Gasteiger partial charge on any atom is -0.478 e. The van der Waals surface area contributed by atoms with Crippen molar-refractivity contribution in [1.82, 2.24) is 0 Å².